The number of nitrogens with zero attached hydrogens (tertiary/aromatic N) is 3. The molecule has 0 aliphatic carbocycles. The zero-order valence-electron chi connectivity index (χ0n) is 10.9. The van der Waals surface area contributed by atoms with Gasteiger partial charge in [-0.25, -0.2) is 0 Å². The lowest BCUT2D eigenvalue weighted by Gasteiger charge is -2.25. The van der Waals surface area contributed by atoms with Crippen LogP contribution in [0.2, 0.25) is 0 Å². The Bertz CT molecular complexity index is 305. The maximum atomic E-state index is 4.13. The first kappa shape index (κ1) is 12.9. The summed E-state index contributed by atoms with van der Waals surface area (Å²) >= 11 is 0. The van der Waals surface area contributed by atoms with Gasteiger partial charge in [0.2, 0.25) is 0 Å². The summed E-state index contributed by atoms with van der Waals surface area (Å²) in [5.74, 6) is 1.41. The maximum absolute atomic E-state index is 4.13. The van der Waals surface area contributed by atoms with Gasteiger partial charge in [-0.3, -0.25) is 0 Å². The third-order valence-electron chi connectivity index (χ3n) is 2.50. The van der Waals surface area contributed by atoms with E-state index in [1.807, 2.05) is 19.1 Å². The molecule has 0 saturated heterocycles. The van der Waals surface area contributed by atoms with Gasteiger partial charge in [0, 0.05) is 12.6 Å². The first-order valence-electron chi connectivity index (χ1n) is 5.70. The largest absolute Gasteiger partial charge is 0.364 e. The molecule has 16 heavy (non-hydrogen) atoms. The van der Waals surface area contributed by atoms with Gasteiger partial charge in [-0.05, 0) is 39.1 Å². The van der Waals surface area contributed by atoms with Crippen LogP contribution < -0.4 is 5.32 Å². The van der Waals surface area contributed by atoms with Crippen molar-refractivity contribution < 1.29 is 0 Å². The van der Waals surface area contributed by atoms with Crippen LogP contribution >= 0.6 is 0 Å². The quantitative estimate of drug-likeness (QED) is 0.824. The molecule has 0 aromatic carbocycles. The smallest absolute Gasteiger partial charge is 0.148 e. The summed E-state index contributed by atoms with van der Waals surface area (Å²) in [4.78, 5) is 2.18. The Labute approximate surface area is 98.1 Å². The van der Waals surface area contributed by atoms with Gasteiger partial charge in [-0.1, -0.05) is 13.8 Å². The highest BCUT2D eigenvalue weighted by Gasteiger charge is 2.14. The summed E-state index contributed by atoms with van der Waals surface area (Å²) in [6.07, 6.45) is 0. The van der Waals surface area contributed by atoms with E-state index in [0.717, 1.165) is 18.1 Å². The van der Waals surface area contributed by atoms with E-state index in [1.54, 1.807) is 0 Å². The van der Waals surface area contributed by atoms with E-state index in [9.17, 15) is 0 Å². The van der Waals surface area contributed by atoms with Crippen LogP contribution in [0.5, 0.6) is 0 Å². The predicted molar refractivity (Wildman–Crippen MR) is 67.6 cm³/mol. The van der Waals surface area contributed by atoms with Gasteiger partial charge in [-0.2, -0.15) is 5.10 Å². The molecule has 0 aliphatic rings. The Morgan fingerprint density at radius 2 is 1.94 bits per heavy atom. The van der Waals surface area contributed by atoms with E-state index in [2.05, 4.69) is 48.4 Å². The molecule has 90 valence electrons. The molecule has 1 rings (SSSR count). The second kappa shape index (κ2) is 5.80. The molecule has 4 nitrogen and oxygen atoms in total. The van der Waals surface area contributed by atoms with Gasteiger partial charge >= 0.3 is 0 Å². The molecule has 1 N–H and O–H groups in total. The molecule has 0 bridgehead atoms. The van der Waals surface area contributed by atoms with Crippen LogP contribution in [0, 0.1) is 12.8 Å². The van der Waals surface area contributed by atoms with Crippen LogP contribution in [0.25, 0.3) is 0 Å². The SMILES string of the molecule is Cc1ccc(NC(CN(C)C)C(C)C)nn1. The van der Waals surface area contributed by atoms with Crippen molar-refractivity contribution in [1.82, 2.24) is 15.1 Å². The van der Waals surface area contributed by atoms with Crippen molar-refractivity contribution in [1.29, 1.82) is 0 Å². The Kier molecular flexibility index (Phi) is 4.68. The molecule has 0 fully saturated rings. The topological polar surface area (TPSA) is 41.0 Å². The first-order valence-corrected chi connectivity index (χ1v) is 5.70. The lowest BCUT2D eigenvalue weighted by atomic mass is 10.0. The van der Waals surface area contributed by atoms with Gasteiger partial charge in [0.05, 0.1) is 5.69 Å². The number of aromatic nitrogens is 2. The number of rotatable bonds is 5. The summed E-state index contributed by atoms with van der Waals surface area (Å²) in [5, 5.41) is 11.6. The number of hydrogen-bond acceptors (Lipinski definition) is 4. The third-order valence-corrected chi connectivity index (χ3v) is 2.50. The van der Waals surface area contributed by atoms with Crippen molar-refractivity contribution in [3.8, 4) is 0 Å². The van der Waals surface area contributed by atoms with Crippen molar-refractivity contribution in [2.24, 2.45) is 5.92 Å². The molecule has 0 aliphatic heterocycles. The van der Waals surface area contributed by atoms with E-state index in [1.165, 1.54) is 0 Å². The maximum Gasteiger partial charge on any atom is 0.148 e. The average Bonchev–Trinajstić information content (AvgIpc) is 2.19. The molecular weight excluding hydrogens is 200 g/mol. The third kappa shape index (κ3) is 4.14. The van der Waals surface area contributed by atoms with E-state index in [0.29, 0.717) is 12.0 Å². The molecule has 1 unspecified atom stereocenters. The fourth-order valence-corrected chi connectivity index (χ4v) is 1.48. The molecule has 1 heterocycles. The van der Waals surface area contributed by atoms with Crippen molar-refractivity contribution in [2.45, 2.75) is 26.8 Å². The second-order valence-electron chi connectivity index (χ2n) is 4.82. The van der Waals surface area contributed by atoms with Gasteiger partial charge < -0.3 is 10.2 Å². The number of aryl methyl sites for hydroxylation is 1. The Morgan fingerprint density at radius 1 is 1.25 bits per heavy atom. The standard InChI is InChI=1S/C12H22N4/c1-9(2)11(8-16(4)5)13-12-7-6-10(3)14-15-12/h6-7,9,11H,8H2,1-5H3,(H,13,15). The van der Waals surface area contributed by atoms with E-state index in [4.69, 9.17) is 0 Å². The number of anilines is 1. The fourth-order valence-electron chi connectivity index (χ4n) is 1.48. The molecule has 0 radical (unpaired) electrons. The molecule has 1 aromatic rings. The number of hydrogen-bond donors (Lipinski definition) is 1. The summed E-state index contributed by atoms with van der Waals surface area (Å²) in [6.45, 7) is 7.36. The van der Waals surface area contributed by atoms with Crippen molar-refractivity contribution in [2.75, 3.05) is 26.0 Å². The fraction of sp³-hybridized carbons (Fsp3) is 0.667. The monoisotopic (exact) mass is 222 g/mol. The highest BCUT2D eigenvalue weighted by atomic mass is 15.2. The molecule has 4 heteroatoms. The van der Waals surface area contributed by atoms with Crippen molar-refractivity contribution in [3.05, 3.63) is 17.8 Å². The number of likely N-dealkylation sites (N-methyl/N-ethyl adjacent to an activating group) is 1. The lowest BCUT2D eigenvalue weighted by molar-refractivity contribution is 0.344. The van der Waals surface area contributed by atoms with Crippen LogP contribution in [-0.4, -0.2) is 41.8 Å². The minimum atomic E-state index is 0.395. The van der Waals surface area contributed by atoms with Crippen LogP contribution in [-0.2, 0) is 0 Å². The normalized spacial score (nSPS) is 13.2. The van der Waals surface area contributed by atoms with E-state index >= 15 is 0 Å². The first-order chi connectivity index (χ1) is 7.49. The zero-order chi connectivity index (χ0) is 12.1. The van der Waals surface area contributed by atoms with Crippen molar-refractivity contribution >= 4 is 5.82 Å². The lowest BCUT2D eigenvalue weighted by Crippen LogP contribution is -2.36. The minimum Gasteiger partial charge on any atom is -0.364 e. The molecule has 1 aromatic heterocycles. The molecular formula is C12H22N4. The van der Waals surface area contributed by atoms with Gasteiger partial charge in [0.25, 0.3) is 0 Å². The van der Waals surface area contributed by atoms with Gasteiger partial charge in [0.15, 0.2) is 0 Å². The minimum absolute atomic E-state index is 0.395. The summed E-state index contributed by atoms with van der Waals surface area (Å²) in [7, 11) is 4.16. The highest BCUT2D eigenvalue weighted by Crippen LogP contribution is 2.10. The number of nitrogens with one attached hydrogen (secondary N) is 1. The van der Waals surface area contributed by atoms with Crippen molar-refractivity contribution in [3.63, 3.8) is 0 Å². The van der Waals surface area contributed by atoms with Crippen LogP contribution in [0.3, 0.4) is 0 Å². The van der Waals surface area contributed by atoms with Crippen LogP contribution in [0.15, 0.2) is 12.1 Å². The molecule has 1 atom stereocenters. The van der Waals surface area contributed by atoms with Crippen LogP contribution in [0.1, 0.15) is 19.5 Å². The summed E-state index contributed by atoms with van der Waals surface area (Å²) in [6, 6.07) is 4.35. The molecule has 0 spiro atoms. The van der Waals surface area contributed by atoms with Gasteiger partial charge in [-0.15, -0.1) is 5.10 Å². The molecule has 0 amide bonds. The Balaban J connectivity index is 2.64. The highest BCUT2D eigenvalue weighted by molar-refractivity contribution is 5.34. The Hall–Kier alpha value is -1.16. The second-order valence-corrected chi connectivity index (χ2v) is 4.82. The van der Waals surface area contributed by atoms with E-state index in [-0.39, 0.29) is 0 Å². The van der Waals surface area contributed by atoms with Gasteiger partial charge in [0.1, 0.15) is 5.82 Å². The van der Waals surface area contributed by atoms with E-state index < -0.39 is 0 Å². The van der Waals surface area contributed by atoms with Crippen LogP contribution in [0.4, 0.5) is 5.82 Å². The average molecular weight is 222 g/mol. The summed E-state index contributed by atoms with van der Waals surface area (Å²) in [5.41, 5.74) is 0.944. The molecule has 0 saturated carbocycles. The zero-order valence-corrected chi connectivity index (χ0v) is 10.9. The summed E-state index contributed by atoms with van der Waals surface area (Å²) < 4.78 is 0. The Morgan fingerprint density at radius 3 is 2.38 bits per heavy atom. The predicted octanol–water partition coefficient (Wildman–Crippen LogP) is 1.78.